The number of carbonyl (C=O) groups is 1. The predicted molar refractivity (Wildman–Crippen MR) is 104 cm³/mol. The van der Waals surface area contributed by atoms with Gasteiger partial charge in [-0.1, -0.05) is 20.8 Å². The van der Waals surface area contributed by atoms with Crippen molar-refractivity contribution in [3.8, 4) is 0 Å². The van der Waals surface area contributed by atoms with Crippen molar-refractivity contribution in [3.05, 3.63) is 0 Å². The van der Waals surface area contributed by atoms with E-state index in [2.05, 4.69) is 33.9 Å². The summed E-state index contributed by atoms with van der Waals surface area (Å²) in [6.07, 6.45) is 3.06. The average molecular weight is 374 g/mol. The summed E-state index contributed by atoms with van der Waals surface area (Å²) in [4.78, 5) is 14.5. The summed E-state index contributed by atoms with van der Waals surface area (Å²) < 4.78 is 12.3. The van der Waals surface area contributed by atoms with Crippen molar-refractivity contribution < 1.29 is 19.1 Å². The Hall–Kier alpha value is -0.593. The highest BCUT2D eigenvalue weighted by molar-refractivity contribution is 6.74. The van der Waals surface area contributed by atoms with Gasteiger partial charge in [0.15, 0.2) is 8.32 Å². The number of piperidine rings is 1. The van der Waals surface area contributed by atoms with Crippen LogP contribution in [-0.2, 0) is 9.16 Å². The van der Waals surface area contributed by atoms with Gasteiger partial charge in [-0.3, -0.25) is 0 Å². The fraction of sp³-hybridized carbons (Fsp3) is 0.947. The normalized spacial score (nSPS) is 22.8. The second-order valence-electron chi connectivity index (χ2n) is 9.67. The molecule has 0 bridgehead atoms. The molecule has 0 aromatic rings. The molecule has 1 heterocycles. The highest BCUT2D eigenvalue weighted by Crippen LogP contribution is 2.39. The van der Waals surface area contributed by atoms with Gasteiger partial charge in [-0.15, -0.1) is 0 Å². The second kappa shape index (κ2) is 8.40. The lowest BCUT2D eigenvalue weighted by molar-refractivity contribution is -0.0226. The summed E-state index contributed by atoms with van der Waals surface area (Å²) in [5, 5.41) is 9.42. The monoisotopic (exact) mass is 373 g/mol. The third-order valence-corrected chi connectivity index (χ3v) is 9.76. The summed E-state index contributed by atoms with van der Waals surface area (Å²) in [7, 11) is -1.93. The number of rotatable bonds is 5. The molecular formula is C19H39NO4Si. The number of carbonyl (C=O) groups excluding carboxylic acids is 1. The van der Waals surface area contributed by atoms with E-state index in [0.29, 0.717) is 13.0 Å². The Balaban J connectivity index is 2.97. The van der Waals surface area contributed by atoms with Crippen LogP contribution in [0.3, 0.4) is 0 Å². The molecule has 0 aliphatic carbocycles. The van der Waals surface area contributed by atoms with Crippen LogP contribution in [0.5, 0.6) is 0 Å². The first-order valence-electron chi connectivity index (χ1n) is 9.57. The molecule has 25 heavy (non-hydrogen) atoms. The number of amides is 1. The Morgan fingerprint density at radius 2 is 1.80 bits per heavy atom. The van der Waals surface area contributed by atoms with Gasteiger partial charge in [0, 0.05) is 13.2 Å². The van der Waals surface area contributed by atoms with Crippen LogP contribution < -0.4 is 0 Å². The molecule has 0 aromatic heterocycles. The lowest BCUT2D eigenvalue weighted by atomic mass is 9.95. The quantitative estimate of drug-likeness (QED) is 0.718. The molecule has 1 rings (SSSR count). The summed E-state index contributed by atoms with van der Waals surface area (Å²) in [6, 6.07) is -0.0233. The van der Waals surface area contributed by atoms with Gasteiger partial charge in [0.1, 0.15) is 5.60 Å². The molecule has 0 saturated carbocycles. The zero-order chi connectivity index (χ0) is 19.5. The molecule has 1 aliphatic rings. The fourth-order valence-electron chi connectivity index (χ4n) is 2.90. The number of nitrogens with zero attached hydrogens (tertiary/aromatic N) is 1. The standard InChI is InChI=1S/C19H39NO4Si/c1-18(2,3)23-17(22)20-13-9-12-16(15(20)11-10-14-21)24-25(7,8)19(4,5)6/h15-16,21H,9-14H2,1-8H3/t15-,16?/m1/s1. The summed E-state index contributed by atoms with van der Waals surface area (Å²) in [5.74, 6) is 0. The SMILES string of the molecule is CC(C)(C)OC(=O)N1CCCC(O[Si](C)(C)C(C)(C)C)[C@H]1CCCO. The van der Waals surface area contributed by atoms with E-state index in [0.717, 1.165) is 19.3 Å². The number of ether oxygens (including phenoxy) is 1. The van der Waals surface area contributed by atoms with Crippen molar-refractivity contribution in [1.29, 1.82) is 0 Å². The molecular weight excluding hydrogens is 334 g/mol. The van der Waals surface area contributed by atoms with E-state index in [1.807, 2.05) is 25.7 Å². The van der Waals surface area contributed by atoms with Gasteiger partial charge in [0.25, 0.3) is 0 Å². The Kier molecular flexibility index (Phi) is 7.54. The lowest BCUT2D eigenvalue weighted by Gasteiger charge is -2.46. The van der Waals surface area contributed by atoms with Gasteiger partial charge in [0.05, 0.1) is 12.1 Å². The van der Waals surface area contributed by atoms with Crippen molar-refractivity contribution in [1.82, 2.24) is 4.90 Å². The molecule has 1 fully saturated rings. The third-order valence-electron chi connectivity index (χ3n) is 5.26. The predicted octanol–water partition coefficient (Wildman–Crippen LogP) is 4.55. The minimum Gasteiger partial charge on any atom is -0.444 e. The number of aliphatic hydroxyl groups excluding tert-OH is 1. The molecule has 0 spiro atoms. The second-order valence-corrected chi connectivity index (χ2v) is 14.4. The maximum absolute atomic E-state index is 12.7. The molecule has 1 amide bonds. The van der Waals surface area contributed by atoms with E-state index < -0.39 is 13.9 Å². The molecule has 1 saturated heterocycles. The van der Waals surface area contributed by atoms with Gasteiger partial charge in [-0.25, -0.2) is 4.79 Å². The highest BCUT2D eigenvalue weighted by Gasteiger charge is 2.44. The Bertz CT molecular complexity index is 440. The van der Waals surface area contributed by atoms with Crippen molar-refractivity contribution in [2.75, 3.05) is 13.2 Å². The molecule has 5 nitrogen and oxygen atoms in total. The van der Waals surface area contributed by atoms with E-state index >= 15 is 0 Å². The number of hydrogen-bond acceptors (Lipinski definition) is 4. The van der Waals surface area contributed by atoms with Crippen LogP contribution in [0.2, 0.25) is 18.1 Å². The zero-order valence-corrected chi connectivity index (χ0v) is 18.5. The van der Waals surface area contributed by atoms with E-state index in [9.17, 15) is 9.90 Å². The highest BCUT2D eigenvalue weighted by atomic mass is 28.4. The van der Waals surface area contributed by atoms with Gasteiger partial charge >= 0.3 is 6.09 Å². The van der Waals surface area contributed by atoms with Crippen LogP contribution in [-0.4, -0.2) is 55.3 Å². The minimum atomic E-state index is -1.93. The van der Waals surface area contributed by atoms with Crippen LogP contribution in [0, 0.1) is 0 Å². The third kappa shape index (κ3) is 6.57. The van der Waals surface area contributed by atoms with Gasteiger partial charge in [-0.05, 0) is 64.6 Å². The molecule has 2 atom stereocenters. The topological polar surface area (TPSA) is 59.0 Å². The maximum atomic E-state index is 12.7. The van der Waals surface area contributed by atoms with Crippen molar-refractivity contribution >= 4 is 14.4 Å². The van der Waals surface area contributed by atoms with Crippen LogP contribution in [0.15, 0.2) is 0 Å². The Morgan fingerprint density at radius 3 is 2.28 bits per heavy atom. The van der Waals surface area contributed by atoms with Gasteiger partial charge in [0.2, 0.25) is 0 Å². The molecule has 1 unspecified atom stereocenters. The first-order chi connectivity index (χ1) is 11.3. The van der Waals surface area contributed by atoms with Crippen LogP contribution >= 0.6 is 0 Å². The molecule has 0 aromatic carbocycles. The van der Waals surface area contributed by atoms with E-state index in [1.165, 1.54) is 0 Å². The number of likely N-dealkylation sites (tertiary alicyclic amines) is 1. The van der Waals surface area contributed by atoms with Crippen molar-refractivity contribution in [2.24, 2.45) is 0 Å². The Labute approximate surface area is 155 Å². The van der Waals surface area contributed by atoms with Crippen LogP contribution in [0.4, 0.5) is 4.79 Å². The molecule has 148 valence electrons. The Morgan fingerprint density at radius 1 is 1.20 bits per heavy atom. The van der Waals surface area contributed by atoms with Crippen molar-refractivity contribution in [2.45, 2.75) is 103 Å². The average Bonchev–Trinajstić information content (AvgIpc) is 2.42. The van der Waals surface area contributed by atoms with E-state index in [-0.39, 0.29) is 29.9 Å². The summed E-state index contributed by atoms with van der Waals surface area (Å²) in [6.45, 7) is 17.7. The first kappa shape index (κ1) is 22.4. The molecule has 0 radical (unpaired) electrons. The van der Waals surface area contributed by atoms with Gasteiger partial charge in [-0.2, -0.15) is 0 Å². The largest absolute Gasteiger partial charge is 0.444 e. The lowest BCUT2D eigenvalue weighted by Crippen LogP contribution is -2.56. The van der Waals surface area contributed by atoms with E-state index in [4.69, 9.17) is 9.16 Å². The van der Waals surface area contributed by atoms with Crippen LogP contribution in [0.25, 0.3) is 0 Å². The number of hydrogen-bond donors (Lipinski definition) is 1. The summed E-state index contributed by atoms with van der Waals surface area (Å²) in [5.41, 5.74) is -0.508. The number of aliphatic hydroxyl groups is 1. The molecule has 6 heteroatoms. The molecule has 1 N–H and O–H groups in total. The summed E-state index contributed by atoms with van der Waals surface area (Å²) >= 11 is 0. The molecule has 1 aliphatic heterocycles. The smallest absolute Gasteiger partial charge is 0.410 e. The van der Waals surface area contributed by atoms with Gasteiger partial charge < -0.3 is 19.2 Å². The van der Waals surface area contributed by atoms with Crippen LogP contribution in [0.1, 0.15) is 67.2 Å². The maximum Gasteiger partial charge on any atom is 0.410 e. The fourth-order valence-corrected chi connectivity index (χ4v) is 4.29. The zero-order valence-electron chi connectivity index (χ0n) is 17.5. The van der Waals surface area contributed by atoms with Crippen molar-refractivity contribution in [3.63, 3.8) is 0 Å². The minimum absolute atomic E-state index is 0.0220. The first-order valence-corrected chi connectivity index (χ1v) is 12.5. The van der Waals surface area contributed by atoms with E-state index in [1.54, 1.807) is 0 Å².